The molecule has 0 heterocycles. The smallest absolute Gasteiger partial charge is 0.124 e. The highest BCUT2D eigenvalue weighted by molar-refractivity contribution is 5.38. The summed E-state index contributed by atoms with van der Waals surface area (Å²) in [6.45, 7) is 5.22. The first kappa shape index (κ1) is 13.7. The SMILES string of the molecule is CC(C)N(C)Cc1cc(F)cc(C#CCN)c1. The average molecular weight is 234 g/mol. The van der Waals surface area contributed by atoms with Gasteiger partial charge in [-0.25, -0.2) is 4.39 Å². The molecule has 2 nitrogen and oxygen atoms in total. The summed E-state index contributed by atoms with van der Waals surface area (Å²) < 4.78 is 13.4. The fourth-order valence-corrected chi connectivity index (χ4v) is 1.44. The second kappa shape index (κ2) is 6.39. The van der Waals surface area contributed by atoms with E-state index in [1.54, 1.807) is 6.07 Å². The van der Waals surface area contributed by atoms with Gasteiger partial charge in [-0.15, -0.1) is 0 Å². The quantitative estimate of drug-likeness (QED) is 0.810. The summed E-state index contributed by atoms with van der Waals surface area (Å²) in [4.78, 5) is 2.15. The van der Waals surface area contributed by atoms with E-state index < -0.39 is 0 Å². The molecule has 17 heavy (non-hydrogen) atoms. The molecule has 0 spiro atoms. The van der Waals surface area contributed by atoms with Crippen molar-refractivity contribution in [3.05, 3.63) is 35.1 Å². The Bertz CT molecular complexity index is 430. The first-order valence-electron chi connectivity index (χ1n) is 5.71. The Morgan fingerprint density at radius 1 is 1.35 bits per heavy atom. The van der Waals surface area contributed by atoms with Gasteiger partial charge in [0, 0.05) is 18.2 Å². The molecule has 92 valence electrons. The summed E-state index contributed by atoms with van der Waals surface area (Å²) in [5.41, 5.74) is 6.91. The molecular weight excluding hydrogens is 215 g/mol. The van der Waals surface area contributed by atoms with Crippen molar-refractivity contribution in [3.8, 4) is 11.8 Å². The van der Waals surface area contributed by atoms with Crippen molar-refractivity contribution in [2.24, 2.45) is 5.73 Å². The van der Waals surface area contributed by atoms with Gasteiger partial charge in [0.25, 0.3) is 0 Å². The van der Waals surface area contributed by atoms with Gasteiger partial charge in [0.1, 0.15) is 5.82 Å². The molecule has 0 atom stereocenters. The molecule has 0 radical (unpaired) electrons. The largest absolute Gasteiger partial charge is 0.320 e. The van der Waals surface area contributed by atoms with Crippen LogP contribution in [0.1, 0.15) is 25.0 Å². The highest BCUT2D eigenvalue weighted by Crippen LogP contribution is 2.11. The molecule has 0 saturated heterocycles. The highest BCUT2D eigenvalue weighted by Gasteiger charge is 2.06. The van der Waals surface area contributed by atoms with Crippen LogP contribution in [-0.4, -0.2) is 24.5 Å². The van der Waals surface area contributed by atoms with Crippen LogP contribution in [0.2, 0.25) is 0 Å². The fraction of sp³-hybridized carbons (Fsp3) is 0.429. The van der Waals surface area contributed by atoms with E-state index in [-0.39, 0.29) is 12.4 Å². The number of halogens is 1. The minimum atomic E-state index is -0.249. The molecular formula is C14H19FN2. The molecule has 0 fully saturated rings. The van der Waals surface area contributed by atoms with E-state index in [1.165, 1.54) is 6.07 Å². The molecule has 0 aliphatic rings. The van der Waals surface area contributed by atoms with Crippen molar-refractivity contribution in [3.63, 3.8) is 0 Å². The van der Waals surface area contributed by atoms with Gasteiger partial charge in [0.15, 0.2) is 0 Å². The van der Waals surface area contributed by atoms with Gasteiger partial charge in [-0.05, 0) is 44.7 Å². The number of hydrogen-bond acceptors (Lipinski definition) is 2. The lowest BCUT2D eigenvalue weighted by Crippen LogP contribution is -2.25. The van der Waals surface area contributed by atoms with Crippen LogP contribution in [0, 0.1) is 17.7 Å². The third-order valence-corrected chi connectivity index (χ3v) is 2.61. The second-order valence-electron chi connectivity index (χ2n) is 4.36. The van der Waals surface area contributed by atoms with Crippen molar-refractivity contribution >= 4 is 0 Å². The van der Waals surface area contributed by atoms with Crippen molar-refractivity contribution in [2.45, 2.75) is 26.4 Å². The molecule has 0 amide bonds. The summed E-state index contributed by atoms with van der Waals surface area (Å²) in [6.07, 6.45) is 0. The zero-order valence-corrected chi connectivity index (χ0v) is 10.6. The summed E-state index contributed by atoms with van der Waals surface area (Å²) >= 11 is 0. The zero-order valence-electron chi connectivity index (χ0n) is 10.6. The minimum Gasteiger partial charge on any atom is -0.320 e. The van der Waals surface area contributed by atoms with Gasteiger partial charge < -0.3 is 5.73 Å². The molecule has 2 N–H and O–H groups in total. The Morgan fingerprint density at radius 3 is 2.65 bits per heavy atom. The van der Waals surface area contributed by atoms with Gasteiger partial charge in [-0.1, -0.05) is 11.8 Å². The van der Waals surface area contributed by atoms with E-state index in [1.807, 2.05) is 13.1 Å². The van der Waals surface area contributed by atoms with Gasteiger partial charge in [0.05, 0.1) is 6.54 Å². The van der Waals surface area contributed by atoms with E-state index in [9.17, 15) is 4.39 Å². The lowest BCUT2D eigenvalue weighted by molar-refractivity contribution is 0.265. The van der Waals surface area contributed by atoms with Crippen LogP contribution in [0.15, 0.2) is 18.2 Å². The highest BCUT2D eigenvalue weighted by atomic mass is 19.1. The summed E-state index contributed by atoms with van der Waals surface area (Å²) in [6, 6.07) is 5.32. The lowest BCUT2D eigenvalue weighted by atomic mass is 10.1. The maximum Gasteiger partial charge on any atom is 0.124 e. The number of nitrogens with two attached hydrogens (primary N) is 1. The maximum atomic E-state index is 13.4. The van der Waals surface area contributed by atoms with E-state index >= 15 is 0 Å². The molecule has 0 unspecified atom stereocenters. The predicted molar refractivity (Wildman–Crippen MR) is 68.9 cm³/mol. The van der Waals surface area contributed by atoms with Crippen LogP contribution >= 0.6 is 0 Å². The zero-order chi connectivity index (χ0) is 12.8. The first-order valence-corrected chi connectivity index (χ1v) is 5.71. The lowest BCUT2D eigenvalue weighted by Gasteiger charge is -2.21. The van der Waals surface area contributed by atoms with Crippen LogP contribution in [-0.2, 0) is 6.54 Å². The summed E-state index contributed by atoms with van der Waals surface area (Å²) in [5.74, 6) is 5.34. The monoisotopic (exact) mass is 234 g/mol. The standard InChI is InChI=1S/C14H19FN2/c1-11(2)17(3)10-13-7-12(5-4-6-16)8-14(15)9-13/h7-9,11H,6,10,16H2,1-3H3. The first-order chi connectivity index (χ1) is 8.02. The maximum absolute atomic E-state index is 13.4. The molecule has 1 aromatic rings. The molecule has 3 heteroatoms. The topological polar surface area (TPSA) is 29.3 Å². The summed E-state index contributed by atoms with van der Waals surface area (Å²) in [7, 11) is 2.01. The van der Waals surface area contributed by atoms with Crippen molar-refractivity contribution < 1.29 is 4.39 Å². The van der Waals surface area contributed by atoms with Crippen molar-refractivity contribution in [2.75, 3.05) is 13.6 Å². The third-order valence-electron chi connectivity index (χ3n) is 2.61. The van der Waals surface area contributed by atoms with Crippen molar-refractivity contribution in [1.82, 2.24) is 4.90 Å². The molecule has 0 saturated carbocycles. The van der Waals surface area contributed by atoms with E-state index in [0.29, 0.717) is 18.2 Å². The van der Waals surface area contributed by atoms with Crippen LogP contribution < -0.4 is 5.73 Å². The van der Waals surface area contributed by atoms with Gasteiger partial charge in [-0.2, -0.15) is 0 Å². The molecule has 1 aromatic carbocycles. The number of rotatable bonds is 3. The Hall–Kier alpha value is -1.37. The number of benzene rings is 1. The van der Waals surface area contributed by atoms with Crippen molar-refractivity contribution in [1.29, 1.82) is 0 Å². The third kappa shape index (κ3) is 4.56. The number of hydrogen-bond donors (Lipinski definition) is 1. The molecule has 1 rings (SSSR count). The number of nitrogens with zero attached hydrogens (tertiary/aromatic N) is 1. The van der Waals surface area contributed by atoms with Crippen LogP contribution in [0.3, 0.4) is 0 Å². The van der Waals surface area contributed by atoms with Gasteiger partial charge in [-0.3, -0.25) is 4.90 Å². The second-order valence-corrected chi connectivity index (χ2v) is 4.36. The van der Waals surface area contributed by atoms with Crippen LogP contribution in [0.25, 0.3) is 0 Å². The van der Waals surface area contributed by atoms with Crippen LogP contribution in [0.5, 0.6) is 0 Å². The normalized spacial score (nSPS) is 10.5. The minimum absolute atomic E-state index is 0.249. The van der Waals surface area contributed by atoms with E-state index in [0.717, 1.165) is 5.56 Å². The molecule has 0 aliphatic carbocycles. The van der Waals surface area contributed by atoms with Gasteiger partial charge >= 0.3 is 0 Å². The fourth-order valence-electron chi connectivity index (χ4n) is 1.44. The van der Waals surface area contributed by atoms with Gasteiger partial charge in [0.2, 0.25) is 0 Å². The molecule has 0 aliphatic heterocycles. The molecule has 0 bridgehead atoms. The average Bonchev–Trinajstić information content (AvgIpc) is 2.25. The van der Waals surface area contributed by atoms with E-state index in [2.05, 4.69) is 30.6 Å². The van der Waals surface area contributed by atoms with E-state index in [4.69, 9.17) is 5.73 Å². The Morgan fingerprint density at radius 2 is 2.06 bits per heavy atom. The Labute approximate surface area is 103 Å². The van der Waals surface area contributed by atoms with Crippen LogP contribution in [0.4, 0.5) is 4.39 Å². The Balaban J connectivity index is 2.89. The summed E-state index contributed by atoms with van der Waals surface area (Å²) in [5, 5.41) is 0. The Kier molecular flexibility index (Phi) is 5.14. The molecule has 0 aromatic heterocycles. The predicted octanol–water partition coefficient (Wildman–Crippen LogP) is 1.98.